The molecule has 0 aliphatic rings. The van der Waals surface area contributed by atoms with Crippen molar-refractivity contribution < 1.29 is 4.79 Å². The number of allylic oxidation sites excluding steroid dienone is 1. The maximum atomic E-state index is 11.1. The quantitative estimate of drug-likeness (QED) is 0.566. The molecule has 0 aliphatic heterocycles. The van der Waals surface area contributed by atoms with Crippen LogP contribution in [-0.2, 0) is 4.79 Å². The van der Waals surface area contributed by atoms with Crippen LogP contribution in [0.3, 0.4) is 0 Å². The molecule has 2 nitrogen and oxygen atoms in total. The van der Waals surface area contributed by atoms with E-state index in [1.54, 1.807) is 19.0 Å². The average molecular weight is 155 g/mol. The highest BCUT2D eigenvalue weighted by Gasteiger charge is 2.04. The Kier molecular flexibility index (Phi) is 4.59. The van der Waals surface area contributed by atoms with Crippen molar-refractivity contribution in [2.45, 2.75) is 19.8 Å². The summed E-state index contributed by atoms with van der Waals surface area (Å²) < 4.78 is 0. The van der Waals surface area contributed by atoms with Crippen molar-refractivity contribution in [2.24, 2.45) is 5.92 Å². The van der Waals surface area contributed by atoms with E-state index in [2.05, 4.69) is 13.5 Å². The fourth-order valence-corrected chi connectivity index (χ4v) is 0.693. The number of carbonyl (C=O) groups excluding carboxylic acids is 1. The predicted octanol–water partition coefficient (Wildman–Crippen LogP) is 1.68. The van der Waals surface area contributed by atoms with E-state index in [0.717, 1.165) is 6.42 Å². The van der Waals surface area contributed by atoms with E-state index in [1.807, 2.05) is 6.08 Å². The second kappa shape index (κ2) is 4.94. The van der Waals surface area contributed by atoms with E-state index in [9.17, 15) is 4.79 Å². The molecule has 1 atom stereocenters. The minimum absolute atomic E-state index is 0.193. The molecule has 0 radical (unpaired) electrons. The Morgan fingerprint density at radius 3 is 2.55 bits per heavy atom. The number of hydrogen-bond donors (Lipinski definition) is 0. The second-order valence-electron chi connectivity index (χ2n) is 3.04. The number of amides is 1. The van der Waals surface area contributed by atoms with E-state index >= 15 is 0 Å². The maximum absolute atomic E-state index is 11.1. The third kappa shape index (κ3) is 4.59. The first kappa shape index (κ1) is 10.2. The number of carbonyl (C=O) groups is 1. The summed E-state index contributed by atoms with van der Waals surface area (Å²) in [6.45, 7) is 5.72. The molecule has 11 heavy (non-hydrogen) atoms. The molecule has 0 fully saturated rings. The summed E-state index contributed by atoms with van der Waals surface area (Å²) in [5.41, 5.74) is 0. The molecule has 0 unspecified atom stereocenters. The SMILES string of the molecule is C=C[C@@H](C)CCC(=O)N(C)C. The van der Waals surface area contributed by atoms with Crippen LogP contribution in [0.5, 0.6) is 0 Å². The van der Waals surface area contributed by atoms with Crippen molar-refractivity contribution in [1.82, 2.24) is 4.90 Å². The summed E-state index contributed by atoms with van der Waals surface area (Å²) in [4.78, 5) is 12.7. The summed E-state index contributed by atoms with van der Waals surface area (Å²) in [5, 5.41) is 0. The second-order valence-corrected chi connectivity index (χ2v) is 3.04. The zero-order valence-electron chi connectivity index (χ0n) is 7.63. The Morgan fingerprint density at radius 1 is 1.64 bits per heavy atom. The molecule has 0 aliphatic carbocycles. The average Bonchev–Trinajstić information content (AvgIpc) is 1.99. The van der Waals surface area contributed by atoms with Crippen LogP contribution in [0.25, 0.3) is 0 Å². The summed E-state index contributed by atoms with van der Waals surface area (Å²) in [7, 11) is 3.56. The fraction of sp³-hybridized carbons (Fsp3) is 0.667. The van der Waals surface area contributed by atoms with Gasteiger partial charge in [-0.25, -0.2) is 0 Å². The van der Waals surface area contributed by atoms with Gasteiger partial charge in [0.05, 0.1) is 0 Å². The lowest BCUT2D eigenvalue weighted by atomic mass is 10.1. The smallest absolute Gasteiger partial charge is 0.222 e. The molecular formula is C9H17NO. The Hall–Kier alpha value is -0.790. The van der Waals surface area contributed by atoms with Gasteiger partial charge in [0.1, 0.15) is 0 Å². The maximum Gasteiger partial charge on any atom is 0.222 e. The molecule has 0 aromatic rings. The van der Waals surface area contributed by atoms with Crippen LogP contribution in [0, 0.1) is 5.92 Å². The molecular weight excluding hydrogens is 138 g/mol. The van der Waals surface area contributed by atoms with Crippen LogP contribution in [0.4, 0.5) is 0 Å². The van der Waals surface area contributed by atoms with Crippen molar-refractivity contribution in [3.05, 3.63) is 12.7 Å². The van der Waals surface area contributed by atoms with Gasteiger partial charge in [0.2, 0.25) is 5.91 Å². The number of rotatable bonds is 4. The molecule has 0 saturated carbocycles. The van der Waals surface area contributed by atoms with Gasteiger partial charge in [-0.1, -0.05) is 13.0 Å². The van der Waals surface area contributed by atoms with Gasteiger partial charge in [-0.05, 0) is 12.3 Å². The molecule has 2 heteroatoms. The van der Waals surface area contributed by atoms with Crippen molar-refractivity contribution in [3.63, 3.8) is 0 Å². The lowest BCUT2D eigenvalue weighted by Crippen LogP contribution is -2.21. The highest BCUT2D eigenvalue weighted by molar-refractivity contribution is 5.75. The molecule has 0 aromatic heterocycles. The van der Waals surface area contributed by atoms with Crippen LogP contribution in [-0.4, -0.2) is 24.9 Å². The van der Waals surface area contributed by atoms with E-state index in [4.69, 9.17) is 0 Å². The summed E-state index contributed by atoms with van der Waals surface area (Å²) in [5.74, 6) is 0.637. The van der Waals surface area contributed by atoms with E-state index in [-0.39, 0.29) is 5.91 Å². The first-order valence-electron chi connectivity index (χ1n) is 3.90. The van der Waals surface area contributed by atoms with Crippen LogP contribution in [0.1, 0.15) is 19.8 Å². The van der Waals surface area contributed by atoms with Gasteiger partial charge in [-0.15, -0.1) is 6.58 Å². The normalized spacial score (nSPS) is 12.3. The molecule has 0 rings (SSSR count). The third-order valence-electron chi connectivity index (χ3n) is 1.71. The highest BCUT2D eigenvalue weighted by Crippen LogP contribution is 2.06. The van der Waals surface area contributed by atoms with Crippen LogP contribution >= 0.6 is 0 Å². The van der Waals surface area contributed by atoms with Gasteiger partial charge in [0.15, 0.2) is 0 Å². The minimum Gasteiger partial charge on any atom is -0.349 e. The zero-order valence-corrected chi connectivity index (χ0v) is 7.63. The monoisotopic (exact) mass is 155 g/mol. The standard InChI is InChI=1S/C9H17NO/c1-5-8(2)6-7-9(11)10(3)4/h5,8H,1,6-7H2,2-4H3/t8-/m1/s1. The van der Waals surface area contributed by atoms with Gasteiger partial charge in [0, 0.05) is 20.5 Å². The summed E-state index contributed by atoms with van der Waals surface area (Å²) >= 11 is 0. The molecule has 1 amide bonds. The Morgan fingerprint density at radius 2 is 2.18 bits per heavy atom. The fourth-order valence-electron chi connectivity index (χ4n) is 0.693. The van der Waals surface area contributed by atoms with Gasteiger partial charge in [0.25, 0.3) is 0 Å². The lowest BCUT2D eigenvalue weighted by Gasteiger charge is -2.10. The van der Waals surface area contributed by atoms with Gasteiger partial charge in [-0.2, -0.15) is 0 Å². The molecule has 64 valence electrons. The van der Waals surface area contributed by atoms with E-state index < -0.39 is 0 Å². The third-order valence-corrected chi connectivity index (χ3v) is 1.71. The van der Waals surface area contributed by atoms with Crippen molar-refractivity contribution in [3.8, 4) is 0 Å². The number of hydrogen-bond acceptors (Lipinski definition) is 1. The first-order chi connectivity index (χ1) is 5.07. The van der Waals surface area contributed by atoms with Crippen LogP contribution < -0.4 is 0 Å². The van der Waals surface area contributed by atoms with E-state index in [0.29, 0.717) is 12.3 Å². The molecule has 0 aromatic carbocycles. The molecule has 0 N–H and O–H groups in total. The lowest BCUT2D eigenvalue weighted by molar-refractivity contribution is -0.128. The van der Waals surface area contributed by atoms with E-state index in [1.165, 1.54) is 0 Å². The highest BCUT2D eigenvalue weighted by atomic mass is 16.2. The minimum atomic E-state index is 0.193. The van der Waals surface area contributed by atoms with Crippen molar-refractivity contribution >= 4 is 5.91 Å². The molecule has 0 saturated heterocycles. The summed E-state index contributed by atoms with van der Waals surface area (Å²) in [6.07, 6.45) is 3.41. The number of nitrogens with zero attached hydrogens (tertiary/aromatic N) is 1. The summed E-state index contributed by atoms with van der Waals surface area (Å²) in [6, 6.07) is 0. The zero-order chi connectivity index (χ0) is 8.85. The van der Waals surface area contributed by atoms with Crippen molar-refractivity contribution in [1.29, 1.82) is 0 Å². The Labute approximate surface area is 68.9 Å². The van der Waals surface area contributed by atoms with Gasteiger partial charge < -0.3 is 4.90 Å². The molecule has 0 bridgehead atoms. The Bertz CT molecular complexity index is 140. The Balaban J connectivity index is 3.54. The van der Waals surface area contributed by atoms with Crippen LogP contribution in [0.2, 0.25) is 0 Å². The van der Waals surface area contributed by atoms with Crippen molar-refractivity contribution in [2.75, 3.05) is 14.1 Å². The topological polar surface area (TPSA) is 20.3 Å². The largest absolute Gasteiger partial charge is 0.349 e. The van der Waals surface area contributed by atoms with Gasteiger partial charge in [-0.3, -0.25) is 4.79 Å². The van der Waals surface area contributed by atoms with Gasteiger partial charge >= 0.3 is 0 Å². The van der Waals surface area contributed by atoms with Crippen LogP contribution in [0.15, 0.2) is 12.7 Å². The molecule has 0 spiro atoms. The first-order valence-corrected chi connectivity index (χ1v) is 3.90. The molecule has 0 heterocycles. The predicted molar refractivity (Wildman–Crippen MR) is 47.3 cm³/mol.